The Kier molecular flexibility index (Phi) is 13.0. The number of piperidine rings is 1. The number of aliphatic hydroxyl groups is 1. The van der Waals surface area contributed by atoms with Gasteiger partial charge in [-0.15, -0.1) is 0 Å². The highest BCUT2D eigenvalue weighted by Crippen LogP contribution is 2.53. The Hall–Kier alpha value is -5.23. The number of pyridine rings is 1. The van der Waals surface area contributed by atoms with Crippen LogP contribution in [0.1, 0.15) is 111 Å². The SMILES string of the molecule is COc1ncc(CN2CCN(C3CC4(CCN(c5ccc(C(N)=O)c(S(=O)(=O)c6cnc(NCC7CCC(C)(O)CC7)c([N+](=O)[O-])c6)c5)CC4)C3)[C@H](c3ccccc3C(C)C)C2)cn1. The summed E-state index contributed by atoms with van der Waals surface area (Å²) in [6, 6.07) is 15.5. The molecule has 64 heavy (non-hydrogen) atoms. The second-order valence-corrected chi connectivity index (χ2v) is 21.0. The molecule has 4 N–H and O–H groups in total. The van der Waals surface area contributed by atoms with Crippen molar-refractivity contribution in [1.29, 1.82) is 0 Å². The molecule has 1 amide bonds. The number of sulfone groups is 1. The highest BCUT2D eigenvalue weighted by molar-refractivity contribution is 7.91. The summed E-state index contributed by atoms with van der Waals surface area (Å²) in [7, 11) is -2.90. The number of nitro groups is 1. The van der Waals surface area contributed by atoms with Crippen LogP contribution < -0.4 is 20.7 Å². The van der Waals surface area contributed by atoms with Crippen LogP contribution >= 0.6 is 0 Å². The Morgan fingerprint density at radius 1 is 1.00 bits per heavy atom. The Labute approximate surface area is 375 Å². The number of nitrogens with zero attached hydrogens (tertiary/aromatic N) is 7. The fourth-order valence-electron chi connectivity index (χ4n) is 10.5. The molecule has 4 aromatic rings. The van der Waals surface area contributed by atoms with Crippen molar-refractivity contribution >= 4 is 32.9 Å². The van der Waals surface area contributed by atoms with Crippen molar-refractivity contribution in [2.45, 2.75) is 112 Å². The molecule has 16 nitrogen and oxygen atoms in total. The zero-order valence-electron chi connectivity index (χ0n) is 37.3. The number of carbonyl (C=O) groups excluding carboxylic acids is 1. The molecule has 4 fully saturated rings. The summed E-state index contributed by atoms with van der Waals surface area (Å²) < 4.78 is 33.7. The highest BCUT2D eigenvalue weighted by atomic mass is 32.2. The number of aromatic nitrogens is 3. The lowest BCUT2D eigenvalue weighted by Gasteiger charge is -2.58. The van der Waals surface area contributed by atoms with Gasteiger partial charge in [-0.3, -0.25) is 24.7 Å². The predicted octanol–water partition coefficient (Wildman–Crippen LogP) is 6.50. The van der Waals surface area contributed by atoms with Crippen LogP contribution in [-0.4, -0.2) is 107 Å². The summed E-state index contributed by atoms with van der Waals surface area (Å²) in [6.45, 7) is 11.7. The number of methoxy groups -OCH3 is 1. The molecule has 342 valence electrons. The lowest BCUT2D eigenvalue weighted by atomic mass is 9.59. The molecule has 2 aliphatic heterocycles. The van der Waals surface area contributed by atoms with Gasteiger partial charge in [-0.1, -0.05) is 38.1 Å². The molecule has 1 atom stereocenters. The standard InChI is InChI=1S/C47H61N9O7S/c1-31(2)37-7-5-6-8-38(37)41-30-53(29-33-26-51-45(63-4)52-27-33)19-20-55(41)35-23-47(24-35)15-17-54(18-16-47)34-9-10-39(43(48)57)42(21-34)64(61,62)36-22-40(56(59)60)44(50-28-36)49-25-32-11-13-46(3,58)14-12-32/h5-10,21-22,26-28,31-32,35,41,58H,11-20,23-25,29-30H2,1-4H3,(H2,48,57)(H,49,50)/t32?,41-,46?/m0/s1. The van der Waals surface area contributed by atoms with Gasteiger partial charge in [-0.05, 0) is 105 Å². The van der Waals surface area contributed by atoms with Crippen LogP contribution in [0.2, 0.25) is 0 Å². The average Bonchev–Trinajstić information content (AvgIpc) is 3.28. The van der Waals surface area contributed by atoms with Crippen LogP contribution in [0.15, 0.2) is 76.9 Å². The van der Waals surface area contributed by atoms with Crippen molar-refractivity contribution < 1.29 is 28.0 Å². The third-order valence-electron chi connectivity index (χ3n) is 14.4. The number of nitrogens with one attached hydrogen (secondary N) is 1. The Bertz CT molecular complexity index is 2440. The first-order valence-corrected chi connectivity index (χ1v) is 24.0. The van der Waals surface area contributed by atoms with Gasteiger partial charge in [0.05, 0.1) is 33.0 Å². The van der Waals surface area contributed by atoms with E-state index in [1.165, 1.54) is 23.3 Å². The molecule has 2 saturated heterocycles. The summed E-state index contributed by atoms with van der Waals surface area (Å²) in [6.07, 6.45) is 11.6. The number of ether oxygens (including phenoxy) is 1. The van der Waals surface area contributed by atoms with Crippen LogP contribution in [0.4, 0.5) is 17.2 Å². The van der Waals surface area contributed by atoms with E-state index < -0.39 is 36.9 Å². The van der Waals surface area contributed by atoms with Crippen molar-refractivity contribution in [2.75, 3.05) is 56.6 Å². The number of rotatable bonds is 14. The van der Waals surface area contributed by atoms with E-state index in [9.17, 15) is 28.4 Å². The Morgan fingerprint density at radius 3 is 2.36 bits per heavy atom. The average molecular weight is 896 g/mol. The summed E-state index contributed by atoms with van der Waals surface area (Å²) in [4.78, 5) is 43.8. The molecule has 4 heterocycles. The largest absolute Gasteiger partial charge is 0.467 e. The molecule has 4 aliphatic rings. The zero-order chi connectivity index (χ0) is 45.4. The normalized spacial score (nSPS) is 23.2. The minimum Gasteiger partial charge on any atom is -0.467 e. The van der Waals surface area contributed by atoms with E-state index in [1.54, 1.807) is 13.2 Å². The van der Waals surface area contributed by atoms with Crippen LogP contribution in [0, 0.1) is 21.4 Å². The number of anilines is 2. The number of piperazine rings is 1. The first-order valence-electron chi connectivity index (χ1n) is 22.5. The van der Waals surface area contributed by atoms with Crippen LogP contribution in [0.3, 0.4) is 0 Å². The third-order valence-corrected chi connectivity index (χ3v) is 16.1. The molecule has 2 aliphatic carbocycles. The van der Waals surface area contributed by atoms with Crippen molar-refractivity contribution in [3.8, 4) is 6.01 Å². The van der Waals surface area contributed by atoms with Gasteiger partial charge in [0.25, 0.3) is 0 Å². The fraction of sp³-hybridized carbons (Fsp3) is 0.532. The van der Waals surface area contributed by atoms with E-state index in [2.05, 4.69) is 73.1 Å². The smallest absolute Gasteiger partial charge is 0.316 e. The molecule has 17 heteroatoms. The first-order chi connectivity index (χ1) is 30.5. The topological polar surface area (TPSA) is 210 Å². The second-order valence-electron chi connectivity index (χ2n) is 19.1. The van der Waals surface area contributed by atoms with Gasteiger partial charge in [0.2, 0.25) is 21.6 Å². The zero-order valence-corrected chi connectivity index (χ0v) is 38.1. The monoisotopic (exact) mass is 895 g/mol. The first kappa shape index (κ1) is 45.3. The van der Waals surface area contributed by atoms with Crippen LogP contribution in [0.5, 0.6) is 6.01 Å². The van der Waals surface area contributed by atoms with Gasteiger partial charge >= 0.3 is 11.7 Å². The number of hydrogen-bond acceptors (Lipinski definition) is 14. The van der Waals surface area contributed by atoms with Gasteiger partial charge in [-0.2, -0.15) is 0 Å². The third kappa shape index (κ3) is 9.58. The number of nitrogens with two attached hydrogens (primary N) is 1. The van der Waals surface area contributed by atoms with Crippen molar-refractivity contribution in [1.82, 2.24) is 24.8 Å². The van der Waals surface area contributed by atoms with E-state index in [0.717, 1.165) is 82.5 Å². The number of hydrogen-bond donors (Lipinski definition) is 3. The molecule has 0 bridgehead atoms. The summed E-state index contributed by atoms with van der Waals surface area (Å²) in [5, 5.41) is 25.6. The predicted molar refractivity (Wildman–Crippen MR) is 243 cm³/mol. The summed E-state index contributed by atoms with van der Waals surface area (Å²) in [5.41, 5.74) is 8.98. The van der Waals surface area contributed by atoms with Crippen molar-refractivity contribution in [3.05, 3.63) is 99.5 Å². The van der Waals surface area contributed by atoms with Gasteiger partial charge < -0.3 is 25.8 Å². The number of benzene rings is 2. The molecular formula is C47H61N9O7S. The van der Waals surface area contributed by atoms with Gasteiger partial charge in [0.1, 0.15) is 0 Å². The minimum absolute atomic E-state index is 0.0379. The second kappa shape index (κ2) is 18.3. The van der Waals surface area contributed by atoms with Crippen molar-refractivity contribution in [2.24, 2.45) is 17.1 Å². The quantitative estimate of drug-likeness (QED) is 0.0912. The molecule has 2 aromatic carbocycles. The molecule has 1 spiro atoms. The maximum absolute atomic E-state index is 14.3. The van der Waals surface area contributed by atoms with E-state index in [0.29, 0.717) is 56.1 Å². The lowest BCUT2D eigenvalue weighted by molar-refractivity contribution is -0.384. The molecule has 2 aromatic heterocycles. The van der Waals surface area contributed by atoms with E-state index in [4.69, 9.17) is 10.5 Å². The number of primary amides is 1. The minimum atomic E-state index is -4.46. The van der Waals surface area contributed by atoms with E-state index in [1.807, 2.05) is 19.3 Å². The highest BCUT2D eigenvalue weighted by Gasteiger charge is 2.50. The lowest BCUT2D eigenvalue weighted by Crippen LogP contribution is -2.60. The Balaban J connectivity index is 0.950. The van der Waals surface area contributed by atoms with E-state index >= 15 is 0 Å². The molecule has 0 radical (unpaired) electrons. The summed E-state index contributed by atoms with van der Waals surface area (Å²) >= 11 is 0. The van der Waals surface area contributed by atoms with Crippen LogP contribution in [0.25, 0.3) is 0 Å². The van der Waals surface area contributed by atoms with Gasteiger partial charge in [0, 0.05) is 93.8 Å². The molecular weight excluding hydrogens is 835 g/mol. The van der Waals surface area contributed by atoms with Gasteiger partial charge in [0.15, 0.2) is 0 Å². The Morgan fingerprint density at radius 2 is 1.70 bits per heavy atom. The van der Waals surface area contributed by atoms with Crippen LogP contribution in [-0.2, 0) is 16.4 Å². The molecule has 2 saturated carbocycles. The van der Waals surface area contributed by atoms with Crippen molar-refractivity contribution in [3.63, 3.8) is 0 Å². The number of amides is 1. The fourth-order valence-corrected chi connectivity index (χ4v) is 12.0. The maximum atomic E-state index is 14.3. The van der Waals surface area contributed by atoms with E-state index in [-0.39, 0.29) is 33.7 Å². The number of carbonyl (C=O) groups is 1. The molecule has 8 rings (SSSR count). The van der Waals surface area contributed by atoms with Gasteiger partial charge in [-0.25, -0.2) is 23.4 Å². The molecule has 0 unspecified atom stereocenters. The maximum Gasteiger partial charge on any atom is 0.316 e. The summed E-state index contributed by atoms with van der Waals surface area (Å²) in [5.74, 6) is -0.381.